The molecule has 2 nitrogen and oxygen atoms in total. The minimum atomic E-state index is 0.769. The first kappa shape index (κ1) is 12.1. The highest BCUT2D eigenvalue weighted by Gasteiger charge is 1.99. The summed E-state index contributed by atoms with van der Waals surface area (Å²) in [6, 6.07) is 8.79. The molecule has 0 aromatic heterocycles. The van der Waals surface area contributed by atoms with E-state index in [-0.39, 0.29) is 0 Å². The lowest BCUT2D eigenvalue weighted by atomic mass is 10.2. The van der Waals surface area contributed by atoms with Gasteiger partial charge in [0, 0.05) is 31.3 Å². The van der Waals surface area contributed by atoms with Crippen LogP contribution in [0.1, 0.15) is 19.4 Å². The van der Waals surface area contributed by atoms with Gasteiger partial charge in [0.2, 0.25) is 0 Å². The van der Waals surface area contributed by atoms with Gasteiger partial charge in [0.1, 0.15) is 6.54 Å². The van der Waals surface area contributed by atoms with Gasteiger partial charge in [-0.25, -0.2) is 0 Å². The average molecular weight is 207 g/mol. The summed E-state index contributed by atoms with van der Waals surface area (Å²) < 4.78 is 0. The van der Waals surface area contributed by atoms with Crippen molar-refractivity contribution in [3.63, 3.8) is 0 Å². The van der Waals surface area contributed by atoms with Gasteiger partial charge in [-0.1, -0.05) is 26.0 Å². The maximum atomic E-state index is 2.37. The molecule has 0 aliphatic carbocycles. The SMILES string of the molecule is CC(C)C[NH2+]Cc1ccc(N(C)C)cc1. The predicted molar refractivity (Wildman–Crippen MR) is 66.1 cm³/mol. The standard InChI is InChI=1S/C13H22N2/c1-11(2)9-14-10-12-5-7-13(8-6-12)15(3)4/h5-8,11,14H,9-10H2,1-4H3/p+1. The zero-order chi connectivity index (χ0) is 11.3. The molecule has 84 valence electrons. The lowest BCUT2D eigenvalue weighted by Gasteiger charge is -2.12. The largest absolute Gasteiger partial charge is 0.378 e. The summed E-state index contributed by atoms with van der Waals surface area (Å²) in [5.41, 5.74) is 2.67. The van der Waals surface area contributed by atoms with Gasteiger partial charge in [0.15, 0.2) is 0 Å². The van der Waals surface area contributed by atoms with Crippen molar-refractivity contribution >= 4 is 5.69 Å². The Hall–Kier alpha value is -1.02. The van der Waals surface area contributed by atoms with Crippen LogP contribution in [0.3, 0.4) is 0 Å². The Balaban J connectivity index is 2.43. The number of anilines is 1. The summed E-state index contributed by atoms with van der Waals surface area (Å²) in [6.45, 7) is 6.80. The van der Waals surface area contributed by atoms with Gasteiger partial charge in [-0.3, -0.25) is 0 Å². The molecule has 0 bridgehead atoms. The molecule has 0 fully saturated rings. The van der Waals surface area contributed by atoms with E-state index in [1.54, 1.807) is 0 Å². The lowest BCUT2D eigenvalue weighted by molar-refractivity contribution is -0.675. The molecule has 0 radical (unpaired) electrons. The first-order valence-electron chi connectivity index (χ1n) is 5.67. The van der Waals surface area contributed by atoms with E-state index in [9.17, 15) is 0 Å². The number of quaternary nitrogens is 1. The van der Waals surface area contributed by atoms with Gasteiger partial charge in [-0.15, -0.1) is 0 Å². The van der Waals surface area contributed by atoms with E-state index in [0.29, 0.717) is 0 Å². The summed E-state index contributed by atoms with van der Waals surface area (Å²) in [5, 5.41) is 2.37. The van der Waals surface area contributed by atoms with Gasteiger partial charge in [-0.05, 0) is 12.1 Å². The molecular weight excluding hydrogens is 184 g/mol. The van der Waals surface area contributed by atoms with Crippen molar-refractivity contribution in [1.29, 1.82) is 0 Å². The Morgan fingerprint density at radius 2 is 1.73 bits per heavy atom. The average Bonchev–Trinajstić information content (AvgIpc) is 2.18. The van der Waals surface area contributed by atoms with Crippen LogP contribution in [-0.2, 0) is 6.54 Å². The molecule has 0 unspecified atom stereocenters. The number of nitrogens with zero attached hydrogens (tertiary/aromatic N) is 1. The van der Waals surface area contributed by atoms with Gasteiger partial charge >= 0.3 is 0 Å². The summed E-state index contributed by atoms with van der Waals surface area (Å²) in [5.74, 6) is 0.769. The molecule has 15 heavy (non-hydrogen) atoms. The second-order valence-electron chi connectivity index (χ2n) is 4.68. The van der Waals surface area contributed by atoms with Crippen LogP contribution in [0.15, 0.2) is 24.3 Å². The number of hydrogen-bond acceptors (Lipinski definition) is 1. The molecule has 0 amide bonds. The van der Waals surface area contributed by atoms with Crippen LogP contribution >= 0.6 is 0 Å². The molecule has 0 aliphatic heterocycles. The Kier molecular flexibility index (Phi) is 4.63. The first-order valence-corrected chi connectivity index (χ1v) is 5.67. The fraction of sp³-hybridized carbons (Fsp3) is 0.538. The summed E-state index contributed by atoms with van der Waals surface area (Å²) in [7, 11) is 4.14. The van der Waals surface area contributed by atoms with Gasteiger partial charge in [-0.2, -0.15) is 0 Å². The van der Waals surface area contributed by atoms with Crippen molar-refractivity contribution < 1.29 is 5.32 Å². The Labute approximate surface area is 93.3 Å². The predicted octanol–water partition coefficient (Wildman–Crippen LogP) is 1.47. The van der Waals surface area contributed by atoms with E-state index < -0.39 is 0 Å². The summed E-state index contributed by atoms with van der Waals surface area (Å²) in [6.07, 6.45) is 0. The smallest absolute Gasteiger partial charge is 0.101 e. The zero-order valence-electron chi connectivity index (χ0n) is 10.3. The van der Waals surface area contributed by atoms with Crippen LogP contribution in [0.4, 0.5) is 5.69 Å². The van der Waals surface area contributed by atoms with Crippen molar-refractivity contribution in [3.05, 3.63) is 29.8 Å². The number of nitrogens with two attached hydrogens (primary N) is 1. The molecule has 0 spiro atoms. The van der Waals surface area contributed by atoms with Crippen molar-refractivity contribution in [2.75, 3.05) is 25.5 Å². The molecule has 1 aromatic rings. The molecule has 0 atom stereocenters. The minimum absolute atomic E-state index is 0.769. The van der Waals surface area contributed by atoms with Crippen molar-refractivity contribution in [3.8, 4) is 0 Å². The fourth-order valence-corrected chi connectivity index (χ4v) is 1.51. The second kappa shape index (κ2) is 5.76. The maximum absolute atomic E-state index is 2.37. The van der Waals surface area contributed by atoms with Gasteiger partial charge in [0.05, 0.1) is 6.54 Å². The van der Waals surface area contributed by atoms with E-state index in [0.717, 1.165) is 12.5 Å². The van der Waals surface area contributed by atoms with Crippen LogP contribution in [0.25, 0.3) is 0 Å². The normalized spacial score (nSPS) is 10.7. The third kappa shape index (κ3) is 4.34. The quantitative estimate of drug-likeness (QED) is 0.775. The van der Waals surface area contributed by atoms with E-state index >= 15 is 0 Å². The Bertz CT molecular complexity index is 275. The topological polar surface area (TPSA) is 19.9 Å². The van der Waals surface area contributed by atoms with Gasteiger partial charge in [0.25, 0.3) is 0 Å². The maximum Gasteiger partial charge on any atom is 0.101 e. The highest BCUT2D eigenvalue weighted by molar-refractivity contribution is 5.45. The fourth-order valence-electron chi connectivity index (χ4n) is 1.51. The molecule has 0 aliphatic rings. The molecule has 2 heteroatoms. The molecule has 0 saturated heterocycles. The van der Waals surface area contributed by atoms with Crippen molar-refractivity contribution in [2.24, 2.45) is 5.92 Å². The second-order valence-corrected chi connectivity index (χ2v) is 4.68. The first-order chi connectivity index (χ1) is 7.09. The van der Waals surface area contributed by atoms with Crippen LogP contribution in [0.2, 0.25) is 0 Å². The monoisotopic (exact) mass is 207 g/mol. The third-order valence-electron chi connectivity index (χ3n) is 2.47. The molecule has 1 aromatic carbocycles. The van der Waals surface area contributed by atoms with E-state index in [2.05, 4.69) is 62.4 Å². The van der Waals surface area contributed by atoms with Crippen LogP contribution in [0, 0.1) is 5.92 Å². The minimum Gasteiger partial charge on any atom is -0.378 e. The van der Waals surface area contributed by atoms with Gasteiger partial charge < -0.3 is 10.2 Å². The van der Waals surface area contributed by atoms with Crippen LogP contribution < -0.4 is 10.2 Å². The Morgan fingerprint density at radius 1 is 1.13 bits per heavy atom. The summed E-state index contributed by atoms with van der Waals surface area (Å²) in [4.78, 5) is 2.13. The van der Waals surface area contributed by atoms with E-state index in [4.69, 9.17) is 0 Å². The van der Waals surface area contributed by atoms with E-state index in [1.807, 2.05) is 0 Å². The molecule has 1 rings (SSSR count). The number of hydrogen-bond donors (Lipinski definition) is 1. The third-order valence-corrected chi connectivity index (χ3v) is 2.47. The Morgan fingerprint density at radius 3 is 2.20 bits per heavy atom. The van der Waals surface area contributed by atoms with Crippen molar-refractivity contribution in [2.45, 2.75) is 20.4 Å². The number of benzene rings is 1. The molecule has 0 saturated carbocycles. The molecule has 0 heterocycles. The van der Waals surface area contributed by atoms with Crippen LogP contribution in [-0.4, -0.2) is 20.6 Å². The highest BCUT2D eigenvalue weighted by Crippen LogP contribution is 2.11. The number of rotatable bonds is 5. The van der Waals surface area contributed by atoms with Crippen molar-refractivity contribution in [1.82, 2.24) is 0 Å². The molecular formula is C13H23N2+. The van der Waals surface area contributed by atoms with E-state index in [1.165, 1.54) is 17.8 Å². The van der Waals surface area contributed by atoms with Crippen LogP contribution in [0.5, 0.6) is 0 Å². The zero-order valence-corrected chi connectivity index (χ0v) is 10.3. The lowest BCUT2D eigenvalue weighted by Crippen LogP contribution is -2.83. The molecule has 2 N–H and O–H groups in total. The summed E-state index contributed by atoms with van der Waals surface area (Å²) >= 11 is 0. The highest BCUT2D eigenvalue weighted by atomic mass is 15.1.